The largest absolute Gasteiger partial charge is 0.483 e. The average Bonchev–Trinajstić information content (AvgIpc) is 2.77. The van der Waals surface area contributed by atoms with Crippen LogP contribution in [0.2, 0.25) is 5.02 Å². The Labute approximate surface area is 183 Å². The van der Waals surface area contributed by atoms with Crippen molar-refractivity contribution in [2.24, 2.45) is 5.73 Å². The van der Waals surface area contributed by atoms with Crippen molar-refractivity contribution in [1.82, 2.24) is 0 Å². The monoisotopic (exact) mass is 438 g/mol. The third-order valence-corrected chi connectivity index (χ3v) is 6.22. The Hall–Kier alpha value is -2.96. The van der Waals surface area contributed by atoms with E-state index in [1.807, 2.05) is 54.6 Å². The molecule has 5 nitrogen and oxygen atoms in total. The number of benzene rings is 3. The molecule has 1 atom stereocenters. The van der Waals surface area contributed by atoms with Gasteiger partial charge in [0, 0.05) is 15.7 Å². The van der Waals surface area contributed by atoms with Gasteiger partial charge in [-0.1, -0.05) is 54.1 Å². The molecule has 0 fully saturated rings. The van der Waals surface area contributed by atoms with Crippen molar-refractivity contribution in [2.75, 3.05) is 17.3 Å². The zero-order valence-electron chi connectivity index (χ0n) is 16.0. The number of amides is 2. The maximum atomic E-state index is 13.3. The predicted octanol–water partition coefficient (Wildman–Crippen LogP) is 4.70. The van der Waals surface area contributed by atoms with Crippen LogP contribution in [0.5, 0.6) is 5.75 Å². The molecule has 0 saturated heterocycles. The number of hydrogen-bond acceptors (Lipinski definition) is 4. The highest BCUT2D eigenvalue weighted by atomic mass is 35.5. The first-order valence-electron chi connectivity index (χ1n) is 9.35. The SMILES string of the molecule is NC(=O)c1cc(Cl)ccc1OCC(=O)N1c2ccccc2SC[C@H]1c1ccccc1. The molecular weight excluding hydrogens is 420 g/mol. The minimum absolute atomic E-state index is 0.122. The Morgan fingerprint density at radius 1 is 1.07 bits per heavy atom. The van der Waals surface area contributed by atoms with E-state index in [0.717, 1.165) is 21.9 Å². The average molecular weight is 439 g/mol. The predicted molar refractivity (Wildman–Crippen MR) is 119 cm³/mol. The molecule has 3 aromatic rings. The van der Waals surface area contributed by atoms with Crippen molar-refractivity contribution in [3.05, 3.63) is 88.9 Å². The van der Waals surface area contributed by atoms with Crippen LogP contribution in [-0.4, -0.2) is 24.2 Å². The summed E-state index contributed by atoms with van der Waals surface area (Å²) in [6, 6.07) is 22.2. The second kappa shape index (κ2) is 8.81. The Bertz CT molecular complexity index is 1090. The molecule has 0 bridgehead atoms. The molecule has 0 saturated carbocycles. The molecule has 0 radical (unpaired) electrons. The second-order valence-electron chi connectivity index (χ2n) is 6.76. The van der Waals surface area contributed by atoms with Crippen LogP contribution in [0.1, 0.15) is 22.0 Å². The Morgan fingerprint density at radius 2 is 1.80 bits per heavy atom. The molecule has 1 heterocycles. The highest BCUT2D eigenvalue weighted by molar-refractivity contribution is 7.99. The van der Waals surface area contributed by atoms with Crippen LogP contribution in [0.25, 0.3) is 0 Å². The van der Waals surface area contributed by atoms with E-state index >= 15 is 0 Å². The van der Waals surface area contributed by atoms with Crippen molar-refractivity contribution in [3.63, 3.8) is 0 Å². The summed E-state index contributed by atoms with van der Waals surface area (Å²) in [6.07, 6.45) is 0. The number of ether oxygens (including phenoxy) is 1. The lowest BCUT2D eigenvalue weighted by Gasteiger charge is -2.37. The molecular formula is C23H19ClN2O3S. The summed E-state index contributed by atoms with van der Waals surface area (Å²) in [7, 11) is 0. The van der Waals surface area contributed by atoms with Gasteiger partial charge in [-0.05, 0) is 35.9 Å². The van der Waals surface area contributed by atoms with Crippen LogP contribution < -0.4 is 15.4 Å². The van der Waals surface area contributed by atoms with Crippen LogP contribution in [0.15, 0.2) is 77.7 Å². The van der Waals surface area contributed by atoms with Gasteiger partial charge in [-0.3, -0.25) is 14.5 Å². The number of rotatable bonds is 5. The van der Waals surface area contributed by atoms with Crippen LogP contribution in [0.4, 0.5) is 5.69 Å². The van der Waals surface area contributed by atoms with E-state index in [1.54, 1.807) is 28.8 Å². The van der Waals surface area contributed by atoms with Crippen molar-refractivity contribution in [3.8, 4) is 5.75 Å². The molecule has 7 heteroatoms. The van der Waals surface area contributed by atoms with Gasteiger partial charge >= 0.3 is 0 Å². The lowest BCUT2D eigenvalue weighted by molar-refractivity contribution is -0.121. The lowest BCUT2D eigenvalue weighted by atomic mass is 10.1. The van der Waals surface area contributed by atoms with Gasteiger partial charge in [-0.15, -0.1) is 11.8 Å². The quantitative estimate of drug-likeness (QED) is 0.626. The fraction of sp³-hybridized carbons (Fsp3) is 0.130. The first-order chi connectivity index (χ1) is 14.5. The van der Waals surface area contributed by atoms with E-state index in [1.165, 1.54) is 6.07 Å². The molecule has 2 N–H and O–H groups in total. The molecule has 30 heavy (non-hydrogen) atoms. The van der Waals surface area contributed by atoms with Crippen LogP contribution in [0, 0.1) is 0 Å². The number of primary amides is 1. The van der Waals surface area contributed by atoms with Gasteiger partial charge in [-0.25, -0.2) is 0 Å². The number of anilines is 1. The zero-order valence-corrected chi connectivity index (χ0v) is 17.5. The maximum Gasteiger partial charge on any atom is 0.265 e. The molecule has 1 aliphatic rings. The number of nitrogens with zero attached hydrogens (tertiary/aromatic N) is 1. The van der Waals surface area contributed by atoms with Crippen molar-refractivity contribution in [1.29, 1.82) is 0 Å². The first-order valence-corrected chi connectivity index (χ1v) is 10.7. The summed E-state index contributed by atoms with van der Waals surface area (Å²) in [5.74, 6) is 0.0975. The van der Waals surface area contributed by atoms with Crippen LogP contribution >= 0.6 is 23.4 Å². The summed E-state index contributed by atoms with van der Waals surface area (Å²) in [5.41, 5.74) is 7.46. The van der Waals surface area contributed by atoms with E-state index in [4.69, 9.17) is 22.1 Å². The number of nitrogens with two attached hydrogens (primary N) is 1. The second-order valence-corrected chi connectivity index (χ2v) is 8.26. The number of fused-ring (bicyclic) bond motifs is 1. The third-order valence-electron chi connectivity index (χ3n) is 4.84. The van der Waals surface area contributed by atoms with Gasteiger partial charge in [0.1, 0.15) is 5.75 Å². The van der Waals surface area contributed by atoms with Gasteiger partial charge in [0.2, 0.25) is 0 Å². The van der Waals surface area contributed by atoms with Crippen molar-refractivity contribution >= 4 is 40.9 Å². The molecule has 0 aliphatic carbocycles. The molecule has 2 amide bonds. The Kier molecular flexibility index (Phi) is 5.97. The van der Waals surface area contributed by atoms with Crippen LogP contribution in [0.3, 0.4) is 0 Å². The molecule has 0 spiro atoms. The maximum absolute atomic E-state index is 13.3. The van der Waals surface area contributed by atoms with E-state index < -0.39 is 5.91 Å². The molecule has 0 unspecified atom stereocenters. The van der Waals surface area contributed by atoms with Crippen LogP contribution in [-0.2, 0) is 4.79 Å². The number of carbonyl (C=O) groups excluding carboxylic acids is 2. The zero-order chi connectivity index (χ0) is 21.1. The normalized spacial score (nSPS) is 15.4. The minimum atomic E-state index is -0.665. The summed E-state index contributed by atoms with van der Waals surface area (Å²) >= 11 is 7.67. The van der Waals surface area contributed by atoms with Gasteiger partial charge in [0.15, 0.2) is 6.61 Å². The number of hydrogen-bond donors (Lipinski definition) is 1. The number of thioether (sulfide) groups is 1. The van der Waals surface area contributed by atoms with Crippen molar-refractivity contribution < 1.29 is 14.3 Å². The summed E-state index contributed by atoms with van der Waals surface area (Å²) < 4.78 is 5.71. The standard InChI is InChI=1S/C23H19ClN2O3S/c24-16-10-11-20(17(12-16)23(25)28)29-13-22(27)26-18-8-4-5-9-21(18)30-14-19(26)15-6-2-1-3-7-15/h1-12,19H,13-14H2,(H2,25,28)/t19-/m0/s1. The summed E-state index contributed by atoms with van der Waals surface area (Å²) in [6.45, 7) is -0.232. The fourth-order valence-electron chi connectivity index (χ4n) is 3.45. The number of halogens is 1. The van der Waals surface area contributed by atoms with E-state index in [0.29, 0.717) is 5.02 Å². The highest BCUT2D eigenvalue weighted by Gasteiger charge is 2.32. The molecule has 152 valence electrons. The minimum Gasteiger partial charge on any atom is -0.483 e. The first kappa shape index (κ1) is 20.3. The third kappa shape index (κ3) is 4.15. The topological polar surface area (TPSA) is 72.6 Å². The van der Waals surface area contributed by atoms with Crippen molar-refractivity contribution in [2.45, 2.75) is 10.9 Å². The van der Waals surface area contributed by atoms with Gasteiger partial charge < -0.3 is 10.5 Å². The van der Waals surface area contributed by atoms with Gasteiger partial charge in [0.25, 0.3) is 11.8 Å². The molecule has 4 rings (SSSR count). The summed E-state index contributed by atoms with van der Waals surface area (Å²) in [4.78, 5) is 27.8. The molecule has 3 aromatic carbocycles. The number of carbonyl (C=O) groups is 2. The Morgan fingerprint density at radius 3 is 2.57 bits per heavy atom. The van der Waals surface area contributed by atoms with E-state index in [-0.39, 0.29) is 29.9 Å². The highest BCUT2D eigenvalue weighted by Crippen LogP contribution is 2.43. The summed E-state index contributed by atoms with van der Waals surface area (Å²) in [5, 5.41) is 0.369. The van der Waals surface area contributed by atoms with E-state index in [9.17, 15) is 9.59 Å². The fourth-order valence-corrected chi connectivity index (χ4v) is 4.79. The van der Waals surface area contributed by atoms with E-state index in [2.05, 4.69) is 0 Å². The Balaban J connectivity index is 1.63. The van der Waals surface area contributed by atoms with Gasteiger partial charge in [-0.2, -0.15) is 0 Å². The number of para-hydroxylation sites is 1. The smallest absolute Gasteiger partial charge is 0.265 e. The van der Waals surface area contributed by atoms with Gasteiger partial charge in [0.05, 0.1) is 17.3 Å². The molecule has 0 aromatic heterocycles. The lowest BCUT2D eigenvalue weighted by Crippen LogP contribution is -2.41. The molecule has 1 aliphatic heterocycles.